The van der Waals surface area contributed by atoms with Crippen LogP contribution in [0.5, 0.6) is 0 Å². The van der Waals surface area contributed by atoms with Crippen molar-refractivity contribution < 1.29 is 14.6 Å². The molecular weight excluding hydrogens is 202 g/mol. The predicted octanol–water partition coefficient (Wildman–Crippen LogP) is 0.947. The van der Waals surface area contributed by atoms with Gasteiger partial charge in [-0.05, 0) is 26.0 Å². The molecule has 84 valence electrons. The molecule has 4 nitrogen and oxygen atoms in total. The number of hydrogen-bond donors (Lipinski definition) is 2. The molecule has 0 aliphatic rings. The first-order chi connectivity index (χ1) is 6.41. The highest BCUT2D eigenvalue weighted by Crippen LogP contribution is 2.27. The lowest BCUT2D eigenvalue weighted by molar-refractivity contribution is -0.139. The first-order valence-electron chi connectivity index (χ1n) is 4.53. The Balaban J connectivity index is 3.88. The summed E-state index contributed by atoms with van der Waals surface area (Å²) in [5.74, 6) is -0.0869. The molecule has 0 aromatic rings. The second-order valence-corrected chi connectivity index (χ2v) is 5.36. The van der Waals surface area contributed by atoms with Gasteiger partial charge in [0.2, 0.25) is 0 Å². The molecule has 5 heteroatoms. The summed E-state index contributed by atoms with van der Waals surface area (Å²) in [5, 5.41) is 8.76. The number of carbonyl (C=O) groups is 1. The second-order valence-electron chi connectivity index (χ2n) is 3.61. The van der Waals surface area contributed by atoms with E-state index in [0.717, 1.165) is 12.2 Å². The maximum atomic E-state index is 10.7. The highest BCUT2D eigenvalue weighted by Gasteiger charge is 2.32. The molecule has 0 saturated heterocycles. The Morgan fingerprint density at radius 3 is 2.64 bits per heavy atom. The largest absolute Gasteiger partial charge is 0.480 e. The van der Waals surface area contributed by atoms with E-state index in [2.05, 4.69) is 0 Å². The Labute approximate surface area is 89.2 Å². The van der Waals surface area contributed by atoms with Crippen molar-refractivity contribution in [1.29, 1.82) is 0 Å². The number of rotatable bonds is 7. The fourth-order valence-electron chi connectivity index (χ4n) is 0.926. The lowest BCUT2D eigenvalue weighted by Crippen LogP contribution is -2.46. The molecule has 0 spiro atoms. The van der Waals surface area contributed by atoms with E-state index in [1.165, 1.54) is 0 Å². The maximum Gasteiger partial charge on any atom is 0.321 e. The van der Waals surface area contributed by atoms with Crippen LogP contribution >= 0.6 is 11.8 Å². The second kappa shape index (κ2) is 6.27. The van der Waals surface area contributed by atoms with Gasteiger partial charge < -0.3 is 15.6 Å². The van der Waals surface area contributed by atoms with E-state index in [4.69, 9.17) is 15.6 Å². The van der Waals surface area contributed by atoms with Gasteiger partial charge in [-0.3, -0.25) is 4.79 Å². The van der Waals surface area contributed by atoms with Crippen LogP contribution in [0.25, 0.3) is 0 Å². The first kappa shape index (κ1) is 13.7. The fourth-order valence-corrected chi connectivity index (χ4v) is 1.99. The standard InChI is InChI=1S/C9H19NO3S/c1-9(2,7(10)8(11)12)14-6-4-5-13-3/h7H,4-6,10H2,1-3H3,(H,11,12)/t7-/m0/s1. The molecule has 0 aromatic carbocycles. The van der Waals surface area contributed by atoms with Gasteiger partial charge in [-0.2, -0.15) is 11.8 Å². The SMILES string of the molecule is COCCCSC(C)(C)[C@@H](N)C(=O)O. The van der Waals surface area contributed by atoms with Crippen LogP contribution in [-0.2, 0) is 9.53 Å². The molecule has 0 bridgehead atoms. The number of aliphatic carboxylic acids is 1. The molecule has 3 N–H and O–H groups in total. The van der Waals surface area contributed by atoms with E-state index in [-0.39, 0.29) is 0 Å². The summed E-state index contributed by atoms with van der Waals surface area (Å²) in [6.07, 6.45) is 0.914. The minimum absolute atomic E-state index is 0.431. The fraction of sp³-hybridized carbons (Fsp3) is 0.889. The topological polar surface area (TPSA) is 72.5 Å². The zero-order valence-electron chi connectivity index (χ0n) is 8.95. The van der Waals surface area contributed by atoms with Crippen molar-refractivity contribution in [3.8, 4) is 0 Å². The van der Waals surface area contributed by atoms with Crippen LogP contribution in [0.3, 0.4) is 0 Å². The quantitative estimate of drug-likeness (QED) is 0.626. The van der Waals surface area contributed by atoms with Crippen molar-refractivity contribution in [2.75, 3.05) is 19.5 Å². The summed E-state index contributed by atoms with van der Waals surface area (Å²) in [7, 11) is 1.65. The zero-order chi connectivity index (χ0) is 11.2. The molecule has 0 unspecified atom stereocenters. The van der Waals surface area contributed by atoms with Crippen LogP contribution in [0.2, 0.25) is 0 Å². The third-order valence-electron chi connectivity index (χ3n) is 1.98. The Kier molecular flexibility index (Phi) is 6.15. The van der Waals surface area contributed by atoms with Gasteiger partial charge in [0, 0.05) is 18.5 Å². The Bertz CT molecular complexity index is 185. The Hall–Kier alpha value is -0.260. The van der Waals surface area contributed by atoms with Crippen LogP contribution < -0.4 is 5.73 Å². The molecular formula is C9H19NO3S. The Morgan fingerprint density at radius 1 is 1.64 bits per heavy atom. The minimum atomic E-state index is -0.950. The van der Waals surface area contributed by atoms with Crippen molar-refractivity contribution in [1.82, 2.24) is 0 Å². The van der Waals surface area contributed by atoms with E-state index in [9.17, 15) is 4.79 Å². The summed E-state index contributed by atoms with van der Waals surface area (Å²) in [6, 6.07) is -0.824. The lowest BCUT2D eigenvalue weighted by atomic mass is 10.1. The molecule has 1 atom stereocenters. The molecule has 14 heavy (non-hydrogen) atoms. The average Bonchev–Trinajstić information content (AvgIpc) is 2.11. The third kappa shape index (κ3) is 4.83. The van der Waals surface area contributed by atoms with Crippen LogP contribution in [-0.4, -0.2) is 41.3 Å². The molecule has 0 amide bonds. The van der Waals surface area contributed by atoms with Gasteiger partial charge in [-0.1, -0.05) is 0 Å². The van der Waals surface area contributed by atoms with Gasteiger partial charge in [-0.15, -0.1) is 0 Å². The summed E-state index contributed by atoms with van der Waals surface area (Å²) in [5.41, 5.74) is 5.56. The maximum absolute atomic E-state index is 10.7. The van der Waals surface area contributed by atoms with Gasteiger partial charge in [0.05, 0.1) is 0 Å². The van der Waals surface area contributed by atoms with E-state index >= 15 is 0 Å². The number of methoxy groups -OCH3 is 1. The van der Waals surface area contributed by atoms with Gasteiger partial charge in [0.25, 0.3) is 0 Å². The van der Waals surface area contributed by atoms with Gasteiger partial charge in [0.15, 0.2) is 0 Å². The van der Waals surface area contributed by atoms with E-state index in [0.29, 0.717) is 6.61 Å². The summed E-state index contributed by atoms with van der Waals surface area (Å²) in [4.78, 5) is 10.7. The molecule has 0 radical (unpaired) electrons. The van der Waals surface area contributed by atoms with Crippen molar-refractivity contribution in [3.05, 3.63) is 0 Å². The van der Waals surface area contributed by atoms with Crippen LogP contribution in [0.4, 0.5) is 0 Å². The number of carboxylic acid groups (broad SMARTS) is 1. The third-order valence-corrected chi connectivity index (χ3v) is 3.47. The lowest BCUT2D eigenvalue weighted by Gasteiger charge is -2.27. The van der Waals surface area contributed by atoms with Crippen molar-refractivity contribution in [3.63, 3.8) is 0 Å². The van der Waals surface area contributed by atoms with E-state index < -0.39 is 16.8 Å². The number of hydrogen-bond acceptors (Lipinski definition) is 4. The molecule has 0 fully saturated rings. The molecule has 0 rings (SSSR count). The molecule has 0 aliphatic carbocycles. The van der Waals surface area contributed by atoms with Crippen LogP contribution in [0, 0.1) is 0 Å². The average molecular weight is 221 g/mol. The smallest absolute Gasteiger partial charge is 0.321 e. The normalized spacial score (nSPS) is 14.0. The summed E-state index contributed by atoms with van der Waals surface area (Å²) >= 11 is 1.57. The van der Waals surface area contributed by atoms with E-state index in [1.54, 1.807) is 18.9 Å². The van der Waals surface area contributed by atoms with Crippen LogP contribution in [0.1, 0.15) is 20.3 Å². The molecule has 0 saturated carbocycles. The molecule has 0 aromatic heterocycles. The van der Waals surface area contributed by atoms with Gasteiger partial charge in [-0.25, -0.2) is 0 Å². The van der Waals surface area contributed by atoms with Crippen molar-refractivity contribution in [2.45, 2.75) is 31.1 Å². The Morgan fingerprint density at radius 2 is 2.21 bits per heavy atom. The molecule has 0 heterocycles. The zero-order valence-corrected chi connectivity index (χ0v) is 9.76. The number of ether oxygens (including phenoxy) is 1. The van der Waals surface area contributed by atoms with Gasteiger partial charge in [0.1, 0.15) is 6.04 Å². The predicted molar refractivity (Wildman–Crippen MR) is 58.6 cm³/mol. The van der Waals surface area contributed by atoms with E-state index in [1.807, 2.05) is 13.8 Å². The van der Waals surface area contributed by atoms with Crippen molar-refractivity contribution in [2.24, 2.45) is 5.73 Å². The highest BCUT2D eigenvalue weighted by atomic mass is 32.2. The minimum Gasteiger partial charge on any atom is -0.480 e. The number of nitrogens with two attached hydrogens (primary N) is 1. The first-order valence-corrected chi connectivity index (χ1v) is 5.51. The monoisotopic (exact) mass is 221 g/mol. The summed E-state index contributed by atoms with van der Waals surface area (Å²) < 4.78 is 4.47. The van der Waals surface area contributed by atoms with Gasteiger partial charge >= 0.3 is 5.97 Å². The number of carboxylic acids is 1. The number of thioether (sulfide) groups is 1. The molecule has 0 aliphatic heterocycles. The highest BCUT2D eigenvalue weighted by molar-refractivity contribution is 8.00. The van der Waals surface area contributed by atoms with Crippen LogP contribution in [0.15, 0.2) is 0 Å². The van der Waals surface area contributed by atoms with Crippen molar-refractivity contribution >= 4 is 17.7 Å². The summed E-state index contributed by atoms with van der Waals surface area (Å²) in [6.45, 7) is 4.40.